The van der Waals surface area contributed by atoms with Gasteiger partial charge in [-0.2, -0.15) is 0 Å². The fourth-order valence-corrected chi connectivity index (χ4v) is 4.60. The normalized spacial score (nSPS) is 24.9. The average molecular weight is 375 g/mol. The molecule has 0 N–H and O–H groups in total. The monoisotopic (exact) mass is 375 g/mol. The molecule has 142 valence electrons. The molecular weight excluding hydrogens is 354 g/mol. The molecule has 2 unspecified atom stereocenters. The molecule has 0 saturated carbocycles. The number of hydrogen-bond donors (Lipinski definition) is 0. The summed E-state index contributed by atoms with van der Waals surface area (Å²) in [5.74, 6) is -2.65. The van der Waals surface area contributed by atoms with Crippen LogP contribution in [0.5, 0.6) is 0 Å². The van der Waals surface area contributed by atoms with Crippen molar-refractivity contribution in [2.75, 3.05) is 7.05 Å². The van der Waals surface area contributed by atoms with Crippen LogP contribution >= 0.6 is 0 Å². The number of piperidine rings is 1. The van der Waals surface area contributed by atoms with E-state index >= 15 is 0 Å². The fraction of sp³-hybridized carbons (Fsp3) is 0.364. The van der Waals surface area contributed by atoms with Crippen molar-refractivity contribution < 1.29 is 17.6 Å². The van der Waals surface area contributed by atoms with Crippen molar-refractivity contribution in [1.29, 1.82) is 0 Å². The van der Waals surface area contributed by atoms with Gasteiger partial charge in [0.2, 0.25) is 0 Å². The summed E-state index contributed by atoms with van der Waals surface area (Å²) < 4.78 is 55.2. The van der Waals surface area contributed by atoms with Crippen LogP contribution in [0.25, 0.3) is 5.57 Å². The molecule has 2 aromatic rings. The minimum Gasteiger partial charge on any atom is -0.300 e. The lowest BCUT2D eigenvalue weighted by molar-refractivity contribution is 0.152. The van der Waals surface area contributed by atoms with Gasteiger partial charge in [-0.25, -0.2) is 17.6 Å². The van der Waals surface area contributed by atoms with Crippen LogP contribution in [0.15, 0.2) is 42.5 Å². The van der Waals surface area contributed by atoms with Gasteiger partial charge in [0.05, 0.1) is 0 Å². The van der Waals surface area contributed by atoms with E-state index in [-0.39, 0.29) is 5.92 Å². The highest BCUT2D eigenvalue weighted by atomic mass is 19.1. The van der Waals surface area contributed by atoms with E-state index in [0.717, 1.165) is 37.8 Å². The summed E-state index contributed by atoms with van der Waals surface area (Å²) in [6.07, 6.45) is 6.10. The molecule has 2 fully saturated rings. The third kappa shape index (κ3) is 3.79. The molecule has 2 atom stereocenters. The molecule has 2 aromatic carbocycles. The Hall–Kier alpha value is -2.14. The molecule has 4 rings (SSSR count). The topological polar surface area (TPSA) is 3.24 Å². The summed E-state index contributed by atoms with van der Waals surface area (Å²) in [6.45, 7) is 0. The maximum atomic E-state index is 13.8. The maximum Gasteiger partial charge on any atom is 0.126 e. The molecule has 0 radical (unpaired) electrons. The Kier molecular flexibility index (Phi) is 4.81. The van der Waals surface area contributed by atoms with Gasteiger partial charge in [-0.3, -0.25) is 0 Å². The summed E-state index contributed by atoms with van der Waals surface area (Å²) in [5.41, 5.74) is 1.06. The highest BCUT2D eigenvalue weighted by molar-refractivity contribution is 5.80. The minimum atomic E-state index is -0.712. The van der Waals surface area contributed by atoms with Crippen LogP contribution < -0.4 is 0 Å². The first kappa shape index (κ1) is 18.2. The van der Waals surface area contributed by atoms with Gasteiger partial charge in [0.1, 0.15) is 23.3 Å². The van der Waals surface area contributed by atoms with Crippen molar-refractivity contribution in [2.45, 2.75) is 37.8 Å². The number of benzene rings is 2. The summed E-state index contributed by atoms with van der Waals surface area (Å²) in [5, 5.41) is 0. The summed E-state index contributed by atoms with van der Waals surface area (Å²) in [4.78, 5) is 2.40. The van der Waals surface area contributed by atoms with E-state index in [1.54, 1.807) is 0 Å². The van der Waals surface area contributed by atoms with Crippen LogP contribution in [0.3, 0.4) is 0 Å². The molecule has 2 bridgehead atoms. The Morgan fingerprint density at radius 3 is 1.59 bits per heavy atom. The Labute approximate surface area is 156 Å². The zero-order valence-electron chi connectivity index (χ0n) is 15.1. The van der Waals surface area contributed by atoms with Gasteiger partial charge >= 0.3 is 0 Å². The van der Waals surface area contributed by atoms with Crippen molar-refractivity contribution in [2.24, 2.45) is 5.92 Å². The van der Waals surface area contributed by atoms with Crippen LogP contribution in [0.4, 0.5) is 17.6 Å². The van der Waals surface area contributed by atoms with Crippen molar-refractivity contribution in [3.05, 3.63) is 76.9 Å². The molecule has 2 aliphatic heterocycles. The number of nitrogens with zero attached hydrogens (tertiary/aromatic N) is 1. The quantitative estimate of drug-likeness (QED) is 0.636. The second kappa shape index (κ2) is 7.12. The minimum absolute atomic E-state index is 0.200. The van der Waals surface area contributed by atoms with Gasteiger partial charge in [-0.15, -0.1) is 0 Å². The number of hydrogen-bond acceptors (Lipinski definition) is 1. The molecule has 0 amide bonds. The Bertz CT molecular complexity index is 784. The van der Waals surface area contributed by atoms with E-state index in [1.165, 1.54) is 24.3 Å². The number of rotatable bonds is 3. The SMILES string of the molecule is CN1C2CCC1CC(C=C(c1cc(F)cc(F)c1)c1cc(F)cc(F)c1)C2. The number of allylic oxidation sites excluding steroid dienone is 1. The van der Waals surface area contributed by atoms with Crippen LogP contribution in [0.2, 0.25) is 0 Å². The molecule has 0 aliphatic carbocycles. The van der Waals surface area contributed by atoms with Crippen molar-refractivity contribution in [3.8, 4) is 0 Å². The third-order valence-electron chi connectivity index (χ3n) is 5.88. The smallest absolute Gasteiger partial charge is 0.126 e. The molecule has 2 aliphatic rings. The summed E-state index contributed by atoms with van der Waals surface area (Å²) >= 11 is 0. The molecule has 5 heteroatoms. The van der Waals surface area contributed by atoms with Crippen LogP contribution in [-0.2, 0) is 0 Å². The lowest BCUT2D eigenvalue weighted by Crippen LogP contribution is -2.39. The third-order valence-corrected chi connectivity index (χ3v) is 5.88. The molecule has 0 spiro atoms. The van der Waals surface area contributed by atoms with Crippen molar-refractivity contribution >= 4 is 5.57 Å². The van der Waals surface area contributed by atoms with Gasteiger partial charge in [0.25, 0.3) is 0 Å². The highest BCUT2D eigenvalue weighted by Crippen LogP contribution is 2.40. The van der Waals surface area contributed by atoms with E-state index in [9.17, 15) is 17.6 Å². The lowest BCUT2D eigenvalue weighted by Gasteiger charge is -2.35. The van der Waals surface area contributed by atoms with Gasteiger partial charge in [-0.05, 0) is 79.6 Å². The maximum absolute atomic E-state index is 13.8. The molecule has 27 heavy (non-hydrogen) atoms. The predicted molar refractivity (Wildman–Crippen MR) is 97.1 cm³/mol. The molecular formula is C22H21F4N. The Morgan fingerprint density at radius 2 is 1.19 bits per heavy atom. The zero-order chi connectivity index (χ0) is 19.1. The second-order valence-electron chi connectivity index (χ2n) is 7.68. The predicted octanol–water partition coefficient (Wildman–Crippen LogP) is 5.55. The average Bonchev–Trinajstić information content (AvgIpc) is 2.79. The van der Waals surface area contributed by atoms with Crippen LogP contribution in [0, 0.1) is 29.2 Å². The van der Waals surface area contributed by atoms with Gasteiger partial charge < -0.3 is 4.90 Å². The first-order valence-corrected chi connectivity index (χ1v) is 9.26. The Balaban J connectivity index is 1.78. The van der Waals surface area contributed by atoms with Gasteiger partial charge in [0, 0.05) is 24.2 Å². The summed E-state index contributed by atoms with van der Waals surface area (Å²) in [7, 11) is 2.13. The van der Waals surface area contributed by atoms with Crippen molar-refractivity contribution in [1.82, 2.24) is 4.90 Å². The van der Waals surface area contributed by atoms with Gasteiger partial charge in [0.15, 0.2) is 0 Å². The number of fused-ring (bicyclic) bond motifs is 2. The number of halogens is 4. The lowest BCUT2D eigenvalue weighted by atomic mass is 9.86. The van der Waals surface area contributed by atoms with Crippen molar-refractivity contribution in [3.63, 3.8) is 0 Å². The van der Waals surface area contributed by atoms with E-state index in [1.807, 2.05) is 6.08 Å². The first-order chi connectivity index (χ1) is 12.9. The standard InChI is InChI=1S/C22H21F4N/c1-27-20-2-3-21(27)5-13(4-20)6-22(14-7-16(23)11-17(24)8-14)15-9-18(25)12-19(26)10-15/h6-13,20-21H,2-5H2,1H3. The Morgan fingerprint density at radius 1 is 0.778 bits per heavy atom. The first-order valence-electron chi connectivity index (χ1n) is 9.26. The van der Waals surface area contributed by atoms with E-state index in [0.29, 0.717) is 28.8 Å². The molecule has 1 nitrogen and oxygen atoms in total. The molecule has 0 aromatic heterocycles. The van der Waals surface area contributed by atoms with Gasteiger partial charge in [-0.1, -0.05) is 6.08 Å². The highest BCUT2D eigenvalue weighted by Gasteiger charge is 2.37. The van der Waals surface area contributed by atoms with Crippen LogP contribution in [0.1, 0.15) is 36.8 Å². The second-order valence-corrected chi connectivity index (χ2v) is 7.68. The van der Waals surface area contributed by atoms with E-state index in [2.05, 4.69) is 11.9 Å². The fourth-order valence-electron chi connectivity index (χ4n) is 4.60. The largest absolute Gasteiger partial charge is 0.300 e. The molecule has 2 saturated heterocycles. The van der Waals surface area contributed by atoms with Crippen LogP contribution in [-0.4, -0.2) is 24.0 Å². The van der Waals surface area contributed by atoms with E-state index < -0.39 is 23.3 Å². The van der Waals surface area contributed by atoms with E-state index in [4.69, 9.17) is 0 Å². The zero-order valence-corrected chi connectivity index (χ0v) is 15.1. The molecule has 2 heterocycles. The summed E-state index contributed by atoms with van der Waals surface area (Å²) in [6, 6.07) is 7.40.